The molecule has 1 aromatic rings. The molecule has 0 aliphatic heterocycles. The number of rotatable bonds is 2. The molecule has 1 aromatic carbocycles. The predicted octanol–water partition coefficient (Wildman–Crippen LogP) is 3.80. The van der Waals surface area contributed by atoms with Crippen molar-refractivity contribution in [1.82, 2.24) is 0 Å². The summed E-state index contributed by atoms with van der Waals surface area (Å²) in [6.07, 6.45) is 3.26. The van der Waals surface area contributed by atoms with Gasteiger partial charge in [-0.3, -0.25) is 4.79 Å². The van der Waals surface area contributed by atoms with Crippen molar-refractivity contribution in [3.8, 4) is 0 Å². The van der Waals surface area contributed by atoms with Gasteiger partial charge >= 0.3 is 0 Å². The Kier molecular flexibility index (Phi) is 3.33. The first kappa shape index (κ1) is 11.6. The van der Waals surface area contributed by atoms with Gasteiger partial charge in [0.15, 0.2) is 0 Å². The van der Waals surface area contributed by atoms with Crippen molar-refractivity contribution in [1.29, 1.82) is 0 Å². The SMILES string of the molecule is Cc1cc(C)c(NC(=O)C2CCC2)c(Br)c1. The maximum absolute atomic E-state index is 11.9. The lowest BCUT2D eigenvalue weighted by atomic mass is 9.85. The second-order valence-electron chi connectivity index (χ2n) is 4.56. The number of carbonyl (C=O) groups excluding carboxylic acids is 1. The molecule has 3 heteroatoms. The summed E-state index contributed by atoms with van der Waals surface area (Å²) in [5.74, 6) is 0.395. The monoisotopic (exact) mass is 281 g/mol. The minimum atomic E-state index is 0.166. The van der Waals surface area contributed by atoms with Crippen LogP contribution in [0, 0.1) is 19.8 Å². The minimum Gasteiger partial charge on any atom is -0.325 e. The number of amides is 1. The highest BCUT2D eigenvalue weighted by Crippen LogP contribution is 2.31. The van der Waals surface area contributed by atoms with E-state index in [9.17, 15) is 4.79 Å². The van der Waals surface area contributed by atoms with Crippen LogP contribution in [0.3, 0.4) is 0 Å². The number of benzene rings is 1. The minimum absolute atomic E-state index is 0.166. The molecule has 1 N–H and O–H groups in total. The maximum atomic E-state index is 11.9. The average Bonchev–Trinajstić information content (AvgIpc) is 2.08. The zero-order valence-electron chi connectivity index (χ0n) is 9.64. The van der Waals surface area contributed by atoms with Crippen LogP contribution in [0.1, 0.15) is 30.4 Å². The Morgan fingerprint density at radius 3 is 2.56 bits per heavy atom. The molecular formula is C13H16BrNO. The summed E-state index contributed by atoms with van der Waals surface area (Å²) in [4.78, 5) is 11.9. The number of nitrogens with one attached hydrogen (secondary N) is 1. The smallest absolute Gasteiger partial charge is 0.227 e. The number of hydrogen-bond donors (Lipinski definition) is 1. The molecule has 1 aliphatic rings. The molecule has 0 atom stereocenters. The van der Waals surface area contributed by atoms with Gasteiger partial charge in [-0.15, -0.1) is 0 Å². The van der Waals surface area contributed by atoms with Crippen LogP contribution < -0.4 is 5.32 Å². The Labute approximate surface area is 105 Å². The second-order valence-corrected chi connectivity index (χ2v) is 5.41. The lowest BCUT2D eigenvalue weighted by Gasteiger charge is -2.25. The van der Waals surface area contributed by atoms with Crippen molar-refractivity contribution < 1.29 is 4.79 Å². The zero-order chi connectivity index (χ0) is 11.7. The summed E-state index contributed by atoms with van der Waals surface area (Å²) < 4.78 is 0.970. The van der Waals surface area contributed by atoms with Gasteiger partial charge in [0.2, 0.25) is 5.91 Å². The molecule has 86 valence electrons. The molecule has 16 heavy (non-hydrogen) atoms. The normalized spacial score (nSPS) is 15.7. The molecular weight excluding hydrogens is 266 g/mol. The lowest BCUT2D eigenvalue weighted by Crippen LogP contribution is -2.28. The largest absolute Gasteiger partial charge is 0.325 e. The molecule has 0 bridgehead atoms. The summed E-state index contributed by atoms with van der Waals surface area (Å²) in [5.41, 5.74) is 3.23. The van der Waals surface area contributed by atoms with E-state index in [4.69, 9.17) is 0 Å². The molecule has 2 nitrogen and oxygen atoms in total. The topological polar surface area (TPSA) is 29.1 Å². The summed E-state index contributed by atoms with van der Waals surface area (Å²) >= 11 is 3.50. The first-order valence-electron chi connectivity index (χ1n) is 5.65. The third-order valence-electron chi connectivity index (χ3n) is 3.16. The van der Waals surface area contributed by atoms with Crippen LogP contribution in [0.5, 0.6) is 0 Å². The fraction of sp³-hybridized carbons (Fsp3) is 0.462. The van der Waals surface area contributed by atoms with Crippen molar-refractivity contribution in [2.24, 2.45) is 5.92 Å². The van der Waals surface area contributed by atoms with Crippen LogP contribution in [0.2, 0.25) is 0 Å². The molecule has 1 saturated carbocycles. The highest BCUT2D eigenvalue weighted by Gasteiger charge is 2.25. The number of halogens is 1. The predicted molar refractivity (Wildman–Crippen MR) is 69.6 cm³/mol. The van der Waals surface area contributed by atoms with Crippen LogP contribution in [-0.4, -0.2) is 5.91 Å². The Bertz CT molecular complexity index is 401. The Hall–Kier alpha value is -0.830. The fourth-order valence-electron chi connectivity index (χ4n) is 1.97. The fourth-order valence-corrected chi connectivity index (χ4v) is 2.74. The molecule has 0 heterocycles. The summed E-state index contributed by atoms with van der Waals surface area (Å²) in [5, 5.41) is 3.02. The third kappa shape index (κ3) is 2.29. The van der Waals surface area contributed by atoms with E-state index in [-0.39, 0.29) is 11.8 Å². The Balaban J connectivity index is 2.17. The summed E-state index contributed by atoms with van der Waals surface area (Å²) in [7, 11) is 0. The van der Waals surface area contributed by atoms with E-state index in [1.807, 2.05) is 13.0 Å². The third-order valence-corrected chi connectivity index (χ3v) is 3.78. The van der Waals surface area contributed by atoms with E-state index >= 15 is 0 Å². The van der Waals surface area contributed by atoms with E-state index in [0.29, 0.717) is 0 Å². The van der Waals surface area contributed by atoms with Crippen molar-refractivity contribution in [2.45, 2.75) is 33.1 Å². The lowest BCUT2D eigenvalue weighted by molar-refractivity contribution is -0.122. The van der Waals surface area contributed by atoms with E-state index in [0.717, 1.165) is 28.6 Å². The van der Waals surface area contributed by atoms with Crippen molar-refractivity contribution in [2.75, 3.05) is 5.32 Å². The van der Waals surface area contributed by atoms with Crippen LogP contribution >= 0.6 is 15.9 Å². The zero-order valence-corrected chi connectivity index (χ0v) is 11.2. The number of aryl methyl sites for hydroxylation is 2. The van der Waals surface area contributed by atoms with Gasteiger partial charge in [-0.2, -0.15) is 0 Å². The van der Waals surface area contributed by atoms with Gasteiger partial charge in [-0.1, -0.05) is 12.5 Å². The highest BCUT2D eigenvalue weighted by molar-refractivity contribution is 9.10. The molecule has 0 unspecified atom stereocenters. The van der Waals surface area contributed by atoms with Crippen LogP contribution in [0.4, 0.5) is 5.69 Å². The van der Waals surface area contributed by atoms with Gasteiger partial charge in [0.1, 0.15) is 0 Å². The van der Waals surface area contributed by atoms with E-state index in [1.54, 1.807) is 0 Å². The standard InChI is InChI=1S/C13H16BrNO/c1-8-6-9(2)12(11(14)7-8)15-13(16)10-4-3-5-10/h6-7,10H,3-5H2,1-2H3,(H,15,16). The van der Waals surface area contributed by atoms with Gasteiger partial charge in [-0.05, 0) is 59.8 Å². The van der Waals surface area contributed by atoms with Gasteiger partial charge in [0.05, 0.1) is 5.69 Å². The number of carbonyl (C=O) groups is 1. The van der Waals surface area contributed by atoms with Crippen molar-refractivity contribution in [3.05, 3.63) is 27.7 Å². The molecule has 0 saturated heterocycles. The number of hydrogen-bond acceptors (Lipinski definition) is 1. The van der Waals surface area contributed by atoms with Crippen molar-refractivity contribution >= 4 is 27.5 Å². The molecule has 1 aliphatic carbocycles. The van der Waals surface area contributed by atoms with Crippen LogP contribution in [0.15, 0.2) is 16.6 Å². The van der Waals surface area contributed by atoms with Gasteiger partial charge in [-0.25, -0.2) is 0 Å². The molecule has 1 fully saturated rings. The van der Waals surface area contributed by atoms with Gasteiger partial charge in [0.25, 0.3) is 0 Å². The van der Waals surface area contributed by atoms with Crippen LogP contribution in [0.25, 0.3) is 0 Å². The molecule has 2 rings (SSSR count). The van der Waals surface area contributed by atoms with E-state index in [2.05, 4.69) is 34.2 Å². The van der Waals surface area contributed by atoms with E-state index < -0.39 is 0 Å². The van der Waals surface area contributed by atoms with Gasteiger partial charge in [0, 0.05) is 10.4 Å². The maximum Gasteiger partial charge on any atom is 0.227 e. The van der Waals surface area contributed by atoms with Crippen LogP contribution in [-0.2, 0) is 4.79 Å². The molecule has 1 amide bonds. The second kappa shape index (κ2) is 4.58. The molecule has 0 spiro atoms. The highest BCUT2D eigenvalue weighted by atomic mass is 79.9. The first-order chi connectivity index (χ1) is 7.58. The van der Waals surface area contributed by atoms with Gasteiger partial charge < -0.3 is 5.32 Å². The summed E-state index contributed by atoms with van der Waals surface area (Å²) in [6, 6.07) is 4.12. The molecule has 0 radical (unpaired) electrons. The number of anilines is 1. The van der Waals surface area contributed by atoms with Crippen molar-refractivity contribution in [3.63, 3.8) is 0 Å². The Morgan fingerprint density at radius 2 is 2.06 bits per heavy atom. The summed E-state index contributed by atoms with van der Waals surface area (Å²) in [6.45, 7) is 4.07. The average molecular weight is 282 g/mol. The first-order valence-corrected chi connectivity index (χ1v) is 6.45. The molecule has 0 aromatic heterocycles. The quantitative estimate of drug-likeness (QED) is 0.878. The Morgan fingerprint density at radius 1 is 1.38 bits per heavy atom. The van der Waals surface area contributed by atoms with E-state index in [1.165, 1.54) is 12.0 Å².